The number of benzene rings is 1. The quantitative estimate of drug-likeness (QED) is 0.535. The van der Waals surface area contributed by atoms with E-state index in [4.69, 9.17) is 16.3 Å². The second kappa shape index (κ2) is 9.04. The number of hydrogen-bond donors (Lipinski definition) is 1. The summed E-state index contributed by atoms with van der Waals surface area (Å²) in [6.07, 6.45) is 1.68. The van der Waals surface area contributed by atoms with Crippen molar-refractivity contribution in [2.45, 2.75) is 26.3 Å². The number of rotatable bonds is 7. The van der Waals surface area contributed by atoms with Gasteiger partial charge in [0.25, 0.3) is 17.7 Å². The molecule has 3 amide bonds. The number of hydrogen-bond acceptors (Lipinski definition) is 6. The average Bonchev–Trinajstić information content (AvgIpc) is 2.95. The molecule has 1 aromatic carbocycles. The van der Waals surface area contributed by atoms with E-state index in [0.29, 0.717) is 11.4 Å². The molecule has 1 atom stereocenters. The minimum absolute atomic E-state index is 0.0596. The van der Waals surface area contributed by atoms with Crippen LogP contribution in [0, 0.1) is 5.92 Å². The molecule has 2 aromatic rings. The summed E-state index contributed by atoms with van der Waals surface area (Å²) >= 11 is 5.88. The standard InChI is InChI=1S/C21H20ClN3O5/c1-12(2)9-17(24-18(26)16-10-13(22)7-8-23-16)21(29)30-11-25-19(27)14-5-3-4-6-15(14)20(25)28/h3-8,10,12,17H,9,11H2,1-2H3,(H,24,26)/t17-/m0/s1. The van der Waals surface area contributed by atoms with Gasteiger partial charge in [0.15, 0.2) is 6.73 Å². The molecule has 0 bridgehead atoms. The molecular formula is C21H20ClN3O5. The van der Waals surface area contributed by atoms with Gasteiger partial charge in [-0.1, -0.05) is 37.6 Å². The first-order valence-electron chi connectivity index (χ1n) is 9.32. The molecular weight excluding hydrogens is 410 g/mol. The first kappa shape index (κ1) is 21.4. The van der Waals surface area contributed by atoms with Crippen molar-refractivity contribution in [2.24, 2.45) is 5.92 Å². The van der Waals surface area contributed by atoms with Crippen molar-refractivity contribution >= 4 is 35.3 Å². The van der Waals surface area contributed by atoms with E-state index in [1.54, 1.807) is 12.1 Å². The van der Waals surface area contributed by atoms with Gasteiger partial charge in [-0.05, 0) is 36.6 Å². The van der Waals surface area contributed by atoms with Gasteiger partial charge in [0.1, 0.15) is 11.7 Å². The van der Waals surface area contributed by atoms with E-state index >= 15 is 0 Å². The third kappa shape index (κ3) is 4.65. The molecule has 0 fully saturated rings. The Balaban J connectivity index is 1.67. The number of amides is 3. The van der Waals surface area contributed by atoms with Crippen LogP contribution in [-0.4, -0.2) is 46.3 Å². The minimum Gasteiger partial charge on any atom is -0.442 e. The summed E-state index contributed by atoms with van der Waals surface area (Å²) in [5.41, 5.74) is 0.583. The Morgan fingerprint density at radius 1 is 1.13 bits per heavy atom. The minimum atomic E-state index is -0.978. The SMILES string of the molecule is CC(C)C[C@H](NC(=O)c1cc(Cl)ccn1)C(=O)OCN1C(=O)c2ccccc2C1=O. The number of esters is 1. The highest BCUT2D eigenvalue weighted by Crippen LogP contribution is 2.22. The number of ether oxygens (including phenoxy) is 1. The Bertz CT molecular complexity index is 973. The van der Waals surface area contributed by atoms with Gasteiger partial charge in [-0.3, -0.25) is 19.4 Å². The molecule has 2 heterocycles. The molecule has 0 aliphatic carbocycles. The number of nitrogens with zero attached hydrogens (tertiary/aromatic N) is 2. The van der Waals surface area contributed by atoms with Gasteiger partial charge in [-0.25, -0.2) is 9.69 Å². The van der Waals surface area contributed by atoms with E-state index < -0.39 is 36.5 Å². The largest absolute Gasteiger partial charge is 0.442 e. The van der Waals surface area contributed by atoms with Crippen molar-refractivity contribution in [3.63, 3.8) is 0 Å². The Morgan fingerprint density at radius 2 is 1.77 bits per heavy atom. The Morgan fingerprint density at radius 3 is 2.33 bits per heavy atom. The summed E-state index contributed by atoms with van der Waals surface area (Å²) in [4.78, 5) is 54.6. The maximum absolute atomic E-state index is 12.6. The molecule has 3 rings (SSSR count). The molecule has 30 heavy (non-hydrogen) atoms. The lowest BCUT2D eigenvalue weighted by atomic mass is 10.0. The van der Waals surface area contributed by atoms with E-state index in [1.807, 2.05) is 13.8 Å². The second-order valence-electron chi connectivity index (χ2n) is 7.19. The second-order valence-corrected chi connectivity index (χ2v) is 7.63. The first-order chi connectivity index (χ1) is 14.3. The zero-order valence-electron chi connectivity index (χ0n) is 16.4. The number of nitrogens with one attached hydrogen (secondary N) is 1. The van der Waals surface area contributed by atoms with Crippen molar-refractivity contribution in [1.29, 1.82) is 0 Å². The molecule has 0 radical (unpaired) electrons. The topological polar surface area (TPSA) is 106 Å². The van der Waals surface area contributed by atoms with E-state index in [0.717, 1.165) is 4.90 Å². The lowest BCUT2D eigenvalue weighted by Gasteiger charge is -2.21. The molecule has 0 unspecified atom stereocenters. The lowest BCUT2D eigenvalue weighted by molar-refractivity contribution is -0.149. The fourth-order valence-electron chi connectivity index (χ4n) is 3.03. The summed E-state index contributed by atoms with van der Waals surface area (Å²) in [6, 6.07) is 8.31. The number of imide groups is 1. The number of halogens is 1. The number of carbonyl (C=O) groups is 4. The van der Waals surface area contributed by atoms with Crippen LogP contribution in [0.5, 0.6) is 0 Å². The Labute approximate surface area is 178 Å². The molecule has 1 aliphatic rings. The molecule has 0 saturated carbocycles. The van der Waals surface area contributed by atoms with Crippen LogP contribution in [0.15, 0.2) is 42.6 Å². The van der Waals surface area contributed by atoms with Crippen molar-refractivity contribution in [3.8, 4) is 0 Å². The highest BCUT2D eigenvalue weighted by Gasteiger charge is 2.36. The number of fused-ring (bicyclic) bond motifs is 1. The van der Waals surface area contributed by atoms with Gasteiger partial charge in [-0.15, -0.1) is 0 Å². The van der Waals surface area contributed by atoms with Gasteiger partial charge >= 0.3 is 5.97 Å². The van der Waals surface area contributed by atoms with Crippen LogP contribution in [-0.2, 0) is 9.53 Å². The van der Waals surface area contributed by atoms with Crippen LogP contribution in [0.3, 0.4) is 0 Å². The van der Waals surface area contributed by atoms with Crippen LogP contribution in [0.2, 0.25) is 5.02 Å². The van der Waals surface area contributed by atoms with Crippen molar-refractivity contribution in [2.75, 3.05) is 6.73 Å². The summed E-state index contributed by atoms with van der Waals surface area (Å²) in [7, 11) is 0. The molecule has 1 aliphatic heterocycles. The fourth-order valence-corrected chi connectivity index (χ4v) is 3.19. The van der Waals surface area contributed by atoms with Crippen LogP contribution in [0.1, 0.15) is 51.5 Å². The predicted molar refractivity (Wildman–Crippen MR) is 108 cm³/mol. The maximum Gasteiger partial charge on any atom is 0.330 e. The number of carbonyl (C=O) groups excluding carboxylic acids is 4. The van der Waals surface area contributed by atoms with E-state index in [-0.39, 0.29) is 22.7 Å². The molecule has 156 valence electrons. The zero-order valence-corrected chi connectivity index (χ0v) is 17.2. The van der Waals surface area contributed by atoms with Gasteiger partial charge in [0.05, 0.1) is 11.1 Å². The van der Waals surface area contributed by atoms with E-state index in [2.05, 4.69) is 10.3 Å². The lowest BCUT2D eigenvalue weighted by Crippen LogP contribution is -2.44. The fraction of sp³-hybridized carbons (Fsp3) is 0.286. The molecule has 1 N–H and O–H groups in total. The van der Waals surface area contributed by atoms with Gasteiger partial charge in [0.2, 0.25) is 0 Å². The first-order valence-corrected chi connectivity index (χ1v) is 9.70. The van der Waals surface area contributed by atoms with Crippen LogP contribution < -0.4 is 5.32 Å². The normalized spacial score (nSPS) is 13.9. The van der Waals surface area contributed by atoms with Crippen LogP contribution in [0.25, 0.3) is 0 Å². The third-order valence-corrected chi connectivity index (χ3v) is 4.70. The monoisotopic (exact) mass is 429 g/mol. The number of aromatic nitrogens is 1. The smallest absolute Gasteiger partial charge is 0.330 e. The number of pyridine rings is 1. The van der Waals surface area contributed by atoms with Crippen molar-refractivity contribution in [1.82, 2.24) is 15.2 Å². The third-order valence-electron chi connectivity index (χ3n) is 4.47. The average molecular weight is 430 g/mol. The Kier molecular flexibility index (Phi) is 6.47. The highest BCUT2D eigenvalue weighted by molar-refractivity contribution is 6.30. The van der Waals surface area contributed by atoms with Gasteiger partial charge in [0, 0.05) is 11.2 Å². The van der Waals surface area contributed by atoms with E-state index in [1.165, 1.54) is 30.5 Å². The Hall–Kier alpha value is -3.26. The van der Waals surface area contributed by atoms with Crippen LogP contribution >= 0.6 is 11.6 Å². The van der Waals surface area contributed by atoms with Crippen molar-refractivity contribution in [3.05, 3.63) is 64.4 Å². The molecule has 8 nitrogen and oxygen atoms in total. The molecule has 0 saturated heterocycles. The maximum atomic E-state index is 12.6. The summed E-state index contributed by atoms with van der Waals surface area (Å²) in [5.74, 6) is -2.34. The molecule has 9 heteroatoms. The molecule has 0 spiro atoms. The highest BCUT2D eigenvalue weighted by atomic mass is 35.5. The van der Waals surface area contributed by atoms with Crippen molar-refractivity contribution < 1.29 is 23.9 Å². The van der Waals surface area contributed by atoms with Crippen LogP contribution in [0.4, 0.5) is 0 Å². The van der Waals surface area contributed by atoms with E-state index in [9.17, 15) is 19.2 Å². The van der Waals surface area contributed by atoms with Gasteiger partial charge in [-0.2, -0.15) is 0 Å². The molecule has 1 aromatic heterocycles. The summed E-state index contributed by atoms with van der Waals surface area (Å²) < 4.78 is 5.21. The zero-order chi connectivity index (χ0) is 21.8. The summed E-state index contributed by atoms with van der Waals surface area (Å²) in [5, 5.41) is 2.92. The summed E-state index contributed by atoms with van der Waals surface area (Å²) in [6.45, 7) is 3.23. The van der Waals surface area contributed by atoms with Gasteiger partial charge < -0.3 is 10.1 Å². The predicted octanol–water partition coefficient (Wildman–Crippen LogP) is 2.68.